The Morgan fingerprint density at radius 2 is 2.19 bits per heavy atom. The van der Waals surface area contributed by atoms with Crippen molar-refractivity contribution in [1.82, 2.24) is 4.57 Å². The summed E-state index contributed by atoms with van der Waals surface area (Å²) in [5, 5.41) is 0. The van der Waals surface area contributed by atoms with E-state index in [1.54, 1.807) is 7.05 Å². The summed E-state index contributed by atoms with van der Waals surface area (Å²) in [5.74, 6) is -0.559. The summed E-state index contributed by atoms with van der Waals surface area (Å²) in [6.07, 6.45) is 1.97. The zero-order valence-electron chi connectivity index (χ0n) is 8.94. The largest absolute Gasteiger partial charge is 0.461 e. The second-order valence-electron chi connectivity index (χ2n) is 3.25. The summed E-state index contributed by atoms with van der Waals surface area (Å²) < 4.78 is 28.3. The first-order valence-corrected chi connectivity index (χ1v) is 6.95. The molecule has 0 saturated heterocycles. The van der Waals surface area contributed by atoms with Gasteiger partial charge in [-0.3, -0.25) is 0 Å². The lowest BCUT2D eigenvalue weighted by Gasteiger charge is -2.02. The summed E-state index contributed by atoms with van der Waals surface area (Å²) in [6, 6.07) is 1.19. The van der Waals surface area contributed by atoms with Crippen LogP contribution in [0.1, 0.15) is 23.8 Å². The van der Waals surface area contributed by atoms with E-state index in [1.807, 2.05) is 6.92 Å². The molecule has 0 saturated carbocycles. The third-order valence-electron chi connectivity index (χ3n) is 1.91. The number of nitrogens with zero attached hydrogens (tertiary/aromatic N) is 1. The number of esters is 1. The van der Waals surface area contributed by atoms with Crippen LogP contribution in [0.5, 0.6) is 0 Å². The fraction of sp³-hybridized carbons (Fsp3) is 0.444. The number of hydrogen-bond acceptors (Lipinski definition) is 4. The van der Waals surface area contributed by atoms with E-state index in [0.717, 1.165) is 0 Å². The van der Waals surface area contributed by atoms with Gasteiger partial charge in [-0.05, 0) is 12.5 Å². The molecule has 0 aromatic carbocycles. The summed E-state index contributed by atoms with van der Waals surface area (Å²) in [5.41, 5.74) is 0.160. The molecule has 7 heteroatoms. The SMILES string of the molecule is CCCOC(=O)c1cc(S(=O)(=O)Cl)cn1C. The van der Waals surface area contributed by atoms with Crippen molar-refractivity contribution < 1.29 is 17.9 Å². The molecule has 0 aliphatic rings. The Labute approximate surface area is 98.4 Å². The third-order valence-corrected chi connectivity index (χ3v) is 3.23. The Morgan fingerprint density at radius 1 is 1.56 bits per heavy atom. The second kappa shape index (κ2) is 4.88. The van der Waals surface area contributed by atoms with Crippen LogP contribution in [0.3, 0.4) is 0 Å². The van der Waals surface area contributed by atoms with Crippen LogP contribution in [0, 0.1) is 0 Å². The van der Waals surface area contributed by atoms with E-state index in [-0.39, 0.29) is 10.6 Å². The molecule has 1 rings (SSSR count). The number of carbonyl (C=O) groups is 1. The highest BCUT2D eigenvalue weighted by Gasteiger charge is 2.19. The highest BCUT2D eigenvalue weighted by molar-refractivity contribution is 8.13. The van der Waals surface area contributed by atoms with E-state index >= 15 is 0 Å². The van der Waals surface area contributed by atoms with Gasteiger partial charge in [0.1, 0.15) is 10.6 Å². The fourth-order valence-corrected chi connectivity index (χ4v) is 1.93. The van der Waals surface area contributed by atoms with Crippen LogP contribution in [-0.4, -0.2) is 25.6 Å². The van der Waals surface area contributed by atoms with Crippen LogP contribution in [0.2, 0.25) is 0 Å². The minimum Gasteiger partial charge on any atom is -0.461 e. The summed E-state index contributed by atoms with van der Waals surface area (Å²) >= 11 is 0. The normalized spacial score (nSPS) is 11.4. The molecule has 90 valence electrons. The van der Waals surface area contributed by atoms with Gasteiger partial charge in [0.25, 0.3) is 9.05 Å². The van der Waals surface area contributed by atoms with E-state index in [2.05, 4.69) is 0 Å². The Hall–Kier alpha value is -1.01. The van der Waals surface area contributed by atoms with Gasteiger partial charge in [-0.1, -0.05) is 6.92 Å². The first-order valence-electron chi connectivity index (χ1n) is 4.64. The number of aryl methyl sites for hydroxylation is 1. The molecule has 0 atom stereocenters. The monoisotopic (exact) mass is 265 g/mol. The van der Waals surface area contributed by atoms with Crippen LogP contribution in [-0.2, 0) is 20.8 Å². The van der Waals surface area contributed by atoms with Crippen molar-refractivity contribution in [3.05, 3.63) is 18.0 Å². The number of aromatic nitrogens is 1. The molecule has 1 aromatic heterocycles. The summed E-state index contributed by atoms with van der Waals surface area (Å²) in [7, 11) is 2.89. The Kier molecular flexibility index (Phi) is 3.98. The van der Waals surface area contributed by atoms with E-state index in [0.29, 0.717) is 13.0 Å². The van der Waals surface area contributed by atoms with Gasteiger partial charge in [-0.2, -0.15) is 0 Å². The van der Waals surface area contributed by atoms with Crippen molar-refractivity contribution in [3.63, 3.8) is 0 Å². The molecular weight excluding hydrogens is 254 g/mol. The van der Waals surface area contributed by atoms with Crippen molar-refractivity contribution in [2.24, 2.45) is 7.05 Å². The Balaban J connectivity index is 2.99. The van der Waals surface area contributed by atoms with Gasteiger partial charge in [0, 0.05) is 23.9 Å². The number of hydrogen-bond donors (Lipinski definition) is 0. The molecular formula is C9H12ClNO4S. The van der Waals surface area contributed by atoms with Gasteiger partial charge in [0.05, 0.1) is 6.61 Å². The lowest BCUT2D eigenvalue weighted by atomic mass is 10.4. The molecule has 0 aliphatic carbocycles. The average Bonchev–Trinajstić information content (AvgIpc) is 2.56. The zero-order valence-corrected chi connectivity index (χ0v) is 10.5. The third kappa shape index (κ3) is 2.99. The lowest BCUT2D eigenvalue weighted by Crippen LogP contribution is -2.09. The summed E-state index contributed by atoms with van der Waals surface area (Å²) in [6.45, 7) is 2.17. The fourth-order valence-electron chi connectivity index (χ4n) is 1.14. The molecule has 0 radical (unpaired) electrons. The maximum absolute atomic E-state index is 11.5. The zero-order chi connectivity index (χ0) is 12.3. The van der Waals surface area contributed by atoms with Crippen molar-refractivity contribution >= 4 is 25.7 Å². The molecule has 5 nitrogen and oxygen atoms in total. The van der Waals surface area contributed by atoms with Gasteiger partial charge in [-0.15, -0.1) is 0 Å². The smallest absolute Gasteiger partial charge is 0.354 e. The highest BCUT2D eigenvalue weighted by Crippen LogP contribution is 2.18. The molecule has 16 heavy (non-hydrogen) atoms. The van der Waals surface area contributed by atoms with Gasteiger partial charge in [-0.25, -0.2) is 13.2 Å². The molecule has 0 spiro atoms. The van der Waals surface area contributed by atoms with Crippen molar-refractivity contribution in [1.29, 1.82) is 0 Å². The minimum atomic E-state index is -3.81. The van der Waals surface area contributed by atoms with Crippen LogP contribution in [0.25, 0.3) is 0 Å². The Morgan fingerprint density at radius 3 is 2.62 bits per heavy atom. The maximum Gasteiger partial charge on any atom is 0.354 e. The van der Waals surface area contributed by atoms with Crippen LogP contribution >= 0.6 is 10.7 Å². The molecule has 0 unspecified atom stereocenters. The molecule has 0 N–H and O–H groups in total. The van der Waals surface area contributed by atoms with Gasteiger partial charge >= 0.3 is 5.97 Å². The standard InChI is InChI=1S/C9H12ClNO4S/c1-3-4-15-9(12)8-5-7(6-11(8)2)16(10,13)14/h5-6H,3-4H2,1-2H3. The topological polar surface area (TPSA) is 65.4 Å². The quantitative estimate of drug-likeness (QED) is 0.612. The second-order valence-corrected chi connectivity index (χ2v) is 5.81. The van der Waals surface area contributed by atoms with Crippen molar-refractivity contribution in [3.8, 4) is 0 Å². The highest BCUT2D eigenvalue weighted by atomic mass is 35.7. The van der Waals surface area contributed by atoms with Crippen molar-refractivity contribution in [2.75, 3.05) is 6.61 Å². The van der Waals surface area contributed by atoms with E-state index in [4.69, 9.17) is 15.4 Å². The van der Waals surface area contributed by atoms with Gasteiger partial charge < -0.3 is 9.30 Å². The first-order chi connectivity index (χ1) is 7.36. The molecule has 0 aliphatic heterocycles. The maximum atomic E-state index is 11.5. The van der Waals surface area contributed by atoms with E-state index < -0.39 is 15.0 Å². The molecule has 1 aromatic rings. The van der Waals surface area contributed by atoms with Gasteiger partial charge in [0.2, 0.25) is 0 Å². The van der Waals surface area contributed by atoms with Gasteiger partial charge in [0.15, 0.2) is 0 Å². The van der Waals surface area contributed by atoms with Crippen LogP contribution in [0.4, 0.5) is 0 Å². The predicted molar refractivity (Wildman–Crippen MR) is 59.0 cm³/mol. The van der Waals surface area contributed by atoms with Crippen molar-refractivity contribution in [2.45, 2.75) is 18.2 Å². The average molecular weight is 266 g/mol. The van der Waals surface area contributed by atoms with E-state index in [1.165, 1.54) is 16.8 Å². The van der Waals surface area contributed by atoms with Crippen LogP contribution in [0.15, 0.2) is 17.2 Å². The number of rotatable bonds is 4. The lowest BCUT2D eigenvalue weighted by molar-refractivity contribution is 0.0494. The molecule has 1 heterocycles. The number of carbonyl (C=O) groups excluding carboxylic acids is 1. The molecule has 0 amide bonds. The van der Waals surface area contributed by atoms with E-state index in [9.17, 15) is 13.2 Å². The van der Waals surface area contributed by atoms with Crippen LogP contribution < -0.4 is 0 Å². The predicted octanol–water partition coefficient (Wildman–Crippen LogP) is 1.52. The first kappa shape index (κ1) is 13.1. The molecule has 0 fully saturated rings. The number of halogens is 1. The Bertz CT molecular complexity index is 492. The summed E-state index contributed by atoms with van der Waals surface area (Å²) in [4.78, 5) is 11.4. The number of ether oxygens (including phenoxy) is 1. The minimum absolute atomic E-state index is 0.111. The molecule has 0 bridgehead atoms.